The molecule has 0 amide bonds. The smallest absolute Gasteiger partial charge is 0.338 e. The zero-order valence-electron chi connectivity index (χ0n) is 13.7. The Morgan fingerprint density at radius 3 is 2.29 bits per heavy atom. The third-order valence-electron chi connectivity index (χ3n) is 4.03. The molecule has 0 spiro atoms. The first kappa shape index (κ1) is 16.2. The number of esters is 1. The highest BCUT2D eigenvalue weighted by molar-refractivity contribution is 6.00. The van der Waals surface area contributed by atoms with Crippen molar-refractivity contribution in [2.24, 2.45) is 0 Å². The molecule has 0 bridgehead atoms. The van der Waals surface area contributed by atoms with E-state index in [-0.39, 0.29) is 5.97 Å². The summed E-state index contributed by atoms with van der Waals surface area (Å²) in [6, 6.07) is 21.9. The van der Waals surface area contributed by atoms with Gasteiger partial charge in [-0.3, -0.25) is 0 Å². The topological polar surface area (TPSA) is 35.5 Å². The van der Waals surface area contributed by atoms with Crippen LogP contribution in [0.25, 0.3) is 11.1 Å². The molecule has 122 valence electrons. The Balaban J connectivity index is 1.71. The number of rotatable bonds is 6. The first-order chi connectivity index (χ1) is 11.8. The Bertz CT molecular complexity index is 780. The van der Waals surface area contributed by atoms with Crippen LogP contribution in [0.2, 0.25) is 0 Å². The van der Waals surface area contributed by atoms with Crippen molar-refractivity contribution in [1.29, 1.82) is 0 Å². The van der Waals surface area contributed by atoms with Crippen molar-refractivity contribution in [3.63, 3.8) is 0 Å². The van der Waals surface area contributed by atoms with Crippen molar-refractivity contribution >= 4 is 5.97 Å². The van der Waals surface area contributed by atoms with Gasteiger partial charge in [-0.2, -0.15) is 0 Å². The summed E-state index contributed by atoms with van der Waals surface area (Å²) in [5.41, 5.74) is 4.87. The van der Waals surface area contributed by atoms with E-state index in [4.69, 9.17) is 9.47 Å². The molecule has 0 aromatic heterocycles. The number of benzene rings is 1. The summed E-state index contributed by atoms with van der Waals surface area (Å²) in [6.07, 6.45) is 0.754. The van der Waals surface area contributed by atoms with Crippen molar-refractivity contribution in [2.45, 2.75) is 13.0 Å². The van der Waals surface area contributed by atoms with Gasteiger partial charge in [0.15, 0.2) is 0 Å². The lowest BCUT2D eigenvalue weighted by atomic mass is 10.1. The van der Waals surface area contributed by atoms with Gasteiger partial charge in [0.25, 0.3) is 0 Å². The summed E-state index contributed by atoms with van der Waals surface area (Å²) in [5.74, 6) is -0.303. The Morgan fingerprint density at radius 1 is 0.917 bits per heavy atom. The minimum atomic E-state index is -0.303. The van der Waals surface area contributed by atoms with Crippen molar-refractivity contribution in [1.82, 2.24) is 0 Å². The van der Waals surface area contributed by atoms with Crippen LogP contribution < -0.4 is 0 Å². The molecule has 0 radical (unpaired) electrons. The SMILES string of the molecule is COC(=O)c1cc(CCOCc2ccccc2)c2cccccc1-2. The van der Waals surface area contributed by atoms with Crippen LogP contribution in [-0.4, -0.2) is 19.7 Å². The number of hydrogen-bond acceptors (Lipinski definition) is 3. The van der Waals surface area contributed by atoms with Gasteiger partial charge in [-0.15, -0.1) is 0 Å². The predicted molar refractivity (Wildman–Crippen MR) is 94.2 cm³/mol. The molecular formula is C21H20O3. The van der Waals surface area contributed by atoms with E-state index in [0.29, 0.717) is 18.8 Å². The average Bonchev–Trinajstić information content (AvgIpc) is 2.80. The van der Waals surface area contributed by atoms with Gasteiger partial charge in [-0.05, 0) is 34.7 Å². The standard InChI is InChI=1S/C21H20O3/c1-23-21(22)20-14-17(18-10-6-3-7-11-19(18)20)12-13-24-15-16-8-4-2-5-9-16/h2-11,14H,12-13,15H2,1H3. The number of carbonyl (C=O) groups excluding carboxylic acids is 1. The van der Waals surface area contributed by atoms with E-state index in [1.165, 1.54) is 7.11 Å². The second-order valence-electron chi connectivity index (χ2n) is 5.60. The molecule has 2 aliphatic rings. The van der Waals surface area contributed by atoms with Gasteiger partial charge < -0.3 is 9.47 Å². The van der Waals surface area contributed by atoms with Crippen molar-refractivity contribution in [3.8, 4) is 11.1 Å². The average molecular weight is 320 g/mol. The zero-order valence-corrected chi connectivity index (χ0v) is 13.7. The number of hydrogen-bond donors (Lipinski definition) is 0. The van der Waals surface area contributed by atoms with E-state index >= 15 is 0 Å². The highest BCUT2D eigenvalue weighted by Gasteiger charge is 2.19. The fraction of sp³-hybridized carbons (Fsp3) is 0.190. The third kappa shape index (κ3) is 3.63. The zero-order chi connectivity index (χ0) is 16.8. The Morgan fingerprint density at radius 2 is 1.58 bits per heavy atom. The lowest BCUT2D eigenvalue weighted by Crippen LogP contribution is -2.00. The molecular weight excluding hydrogens is 300 g/mol. The normalized spacial score (nSPS) is 10.7. The Hall–Kier alpha value is -2.65. The second-order valence-corrected chi connectivity index (χ2v) is 5.60. The third-order valence-corrected chi connectivity index (χ3v) is 4.03. The monoisotopic (exact) mass is 320 g/mol. The molecule has 0 heterocycles. The Labute approximate surface area is 142 Å². The first-order valence-electron chi connectivity index (χ1n) is 8.00. The van der Waals surface area contributed by atoms with Crippen LogP contribution in [0.5, 0.6) is 0 Å². The molecule has 1 aromatic rings. The van der Waals surface area contributed by atoms with Crippen LogP contribution in [-0.2, 0) is 22.5 Å². The van der Waals surface area contributed by atoms with Gasteiger partial charge in [0.2, 0.25) is 0 Å². The van der Waals surface area contributed by atoms with E-state index in [0.717, 1.165) is 28.7 Å². The molecule has 0 N–H and O–H groups in total. The summed E-state index contributed by atoms with van der Waals surface area (Å²) in [4.78, 5) is 12.0. The maximum absolute atomic E-state index is 12.0. The van der Waals surface area contributed by atoms with Gasteiger partial charge in [0.1, 0.15) is 0 Å². The van der Waals surface area contributed by atoms with Crippen LogP contribution in [0.3, 0.4) is 0 Å². The molecule has 3 nitrogen and oxygen atoms in total. The van der Waals surface area contributed by atoms with Crippen molar-refractivity contribution in [3.05, 3.63) is 83.4 Å². The molecule has 3 rings (SSSR count). The summed E-state index contributed by atoms with van der Waals surface area (Å²) in [6.45, 7) is 1.20. The highest BCUT2D eigenvalue weighted by Crippen LogP contribution is 2.32. The first-order valence-corrected chi connectivity index (χ1v) is 8.00. The molecule has 2 aliphatic carbocycles. The van der Waals surface area contributed by atoms with E-state index in [9.17, 15) is 4.79 Å². The van der Waals surface area contributed by atoms with Gasteiger partial charge in [0.05, 0.1) is 25.9 Å². The van der Waals surface area contributed by atoms with Gasteiger partial charge in [-0.25, -0.2) is 4.79 Å². The van der Waals surface area contributed by atoms with E-state index < -0.39 is 0 Å². The largest absolute Gasteiger partial charge is 0.465 e. The molecule has 0 saturated carbocycles. The van der Waals surface area contributed by atoms with Crippen LogP contribution in [0.1, 0.15) is 21.5 Å². The summed E-state index contributed by atoms with van der Waals surface area (Å²) in [7, 11) is 1.41. The van der Waals surface area contributed by atoms with Crippen LogP contribution in [0.15, 0.2) is 66.7 Å². The van der Waals surface area contributed by atoms with Gasteiger partial charge >= 0.3 is 5.97 Å². The number of fused-ring (bicyclic) bond motifs is 1. The summed E-state index contributed by atoms with van der Waals surface area (Å²) < 4.78 is 10.7. The lowest BCUT2D eigenvalue weighted by Gasteiger charge is -2.05. The lowest BCUT2D eigenvalue weighted by molar-refractivity contribution is 0.0602. The molecule has 0 unspecified atom stereocenters. The molecule has 0 atom stereocenters. The van der Waals surface area contributed by atoms with Gasteiger partial charge in [0, 0.05) is 0 Å². The Kier molecular flexibility index (Phi) is 5.24. The van der Waals surface area contributed by atoms with E-state index in [1.54, 1.807) is 0 Å². The second kappa shape index (κ2) is 7.75. The molecule has 1 aromatic carbocycles. The fourth-order valence-electron chi connectivity index (χ4n) is 2.82. The number of methoxy groups -OCH3 is 1. The molecule has 0 aliphatic heterocycles. The molecule has 0 fully saturated rings. The summed E-state index contributed by atoms with van der Waals surface area (Å²) in [5, 5.41) is 0. The molecule has 24 heavy (non-hydrogen) atoms. The predicted octanol–water partition coefficient (Wildman–Crippen LogP) is 4.34. The quantitative estimate of drug-likeness (QED) is 0.501. The van der Waals surface area contributed by atoms with E-state index in [2.05, 4.69) is 0 Å². The van der Waals surface area contributed by atoms with Crippen molar-refractivity contribution in [2.75, 3.05) is 13.7 Å². The maximum atomic E-state index is 12.0. The minimum absolute atomic E-state index is 0.303. The number of ether oxygens (including phenoxy) is 2. The molecule has 0 saturated heterocycles. The van der Waals surface area contributed by atoms with Crippen LogP contribution in [0.4, 0.5) is 0 Å². The van der Waals surface area contributed by atoms with Crippen LogP contribution in [0, 0.1) is 0 Å². The highest BCUT2D eigenvalue weighted by atomic mass is 16.5. The summed E-state index contributed by atoms with van der Waals surface area (Å²) >= 11 is 0. The van der Waals surface area contributed by atoms with E-state index in [1.807, 2.05) is 66.7 Å². The minimum Gasteiger partial charge on any atom is -0.465 e. The fourth-order valence-corrected chi connectivity index (χ4v) is 2.82. The molecule has 3 heteroatoms. The number of carbonyl (C=O) groups is 1. The maximum Gasteiger partial charge on any atom is 0.338 e. The van der Waals surface area contributed by atoms with Gasteiger partial charge in [-0.1, -0.05) is 60.7 Å². The van der Waals surface area contributed by atoms with Crippen LogP contribution >= 0.6 is 0 Å². The van der Waals surface area contributed by atoms with Crippen molar-refractivity contribution < 1.29 is 14.3 Å².